The van der Waals surface area contributed by atoms with Crippen molar-refractivity contribution in [3.05, 3.63) is 35.4 Å². The monoisotopic (exact) mass is 443 g/mol. The summed E-state index contributed by atoms with van der Waals surface area (Å²) < 4.78 is 5.06. The fourth-order valence-electron chi connectivity index (χ4n) is 5.36. The maximum Gasteiger partial charge on any atom is 0.328 e. The van der Waals surface area contributed by atoms with Crippen LogP contribution < -0.4 is 11.1 Å². The number of amidine groups is 1. The third kappa shape index (κ3) is 6.24. The lowest BCUT2D eigenvalue weighted by atomic mass is 9.76. The number of nitrogens with zero attached hydrogens (tertiary/aromatic N) is 1. The molecule has 1 aromatic carbocycles. The normalized spacial score (nSPS) is 20.3. The van der Waals surface area contributed by atoms with Crippen molar-refractivity contribution in [1.29, 1.82) is 0 Å². The van der Waals surface area contributed by atoms with Crippen LogP contribution in [0.2, 0.25) is 0 Å². The molecule has 4 N–H and O–H groups in total. The zero-order valence-electron chi connectivity index (χ0n) is 19.1. The Hall–Kier alpha value is -2.57. The summed E-state index contributed by atoms with van der Waals surface area (Å²) in [5.74, 6) is -0.0641. The van der Waals surface area contributed by atoms with E-state index < -0.39 is 6.04 Å². The number of carbonyl (C=O) groups is 2. The smallest absolute Gasteiger partial charge is 0.328 e. The van der Waals surface area contributed by atoms with Crippen LogP contribution in [0.1, 0.15) is 75.3 Å². The first-order valence-electron chi connectivity index (χ1n) is 12.0. The maximum atomic E-state index is 13.6. The second kappa shape index (κ2) is 11.9. The van der Waals surface area contributed by atoms with Gasteiger partial charge in [0.25, 0.3) is 0 Å². The summed E-state index contributed by atoms with van der Waals surface area (Å²) in [6, 6.07) is 6.89. The first-order valence-corrected chi connectivity index (χ1v) is 12.0. The van der Waals surface area contributed by atoms with Gasteiger partial charge >= 0.3 is 5.97 Å². The second-order valence-corrected chi connectivity index (χ2v) is 9.30. The molecule has 7 heteroatoms. The minimum Gasteiger partial charge on any atom is -0.467 e. The van der Waals surface area contributed by atoms with E-state index in [-0.39, 0.29) is 29.5 Å². The number of methoxy groups -OCH3 is 1. The molecule has 0 radical (unpaired) electrons. The molecule has 2 fully saturated rings. The zero-order chi connectivity index (χ0) is 22.9. The van der Waals surface area contributed by atoms with Gasteiger partial charge < -0.3 is 21.0 Å². The Kier molecular flexibility index (Phi) is 8.94. The number of hydrogen-bond acceptors (Lipinski definition) is 5. The van der Waals surface area contributed by atoms with E-state index in [1.807, 2.05) is 12.1 Å². The first-order chi connectivity index (χ1) is 15.5. The fourth-order valence-corrected chi connectivity index (χ4v) is 5.36. The Labute approximate surface area is 190 Å². The molecule has 0 spiro atoms. The fraction of sp³-hybridized carbons (Fsp3) is 0.640. The van der Waals surface area contributed by atoms with Crippen LogP contribution in [0.3, 0.4) is 0 Å². The highest BCUT2D eigenvalue weighted by atomic mass is 16.5. The van der Waals surface area contributed by atoms with Crippen LogP contribution in [0.25, 0.3) is 0 Å². The van der Waals surface area contributed by atoms with Crippen LogP contribution >= 0.6 is 0 Å². The lowest BCUT2D eigenvalue weighted by Gasteiger charge is -2.33. The third-order valence-corrected chi connectivity index (χ3v) is 7.24. The molecule has 176 valence electrons. The largest absolute Gasteiger partial charge is 0.467 e. The van der Waals surface area contributed by atoms with E-state index in [1.54, 1.807) is 12.1 Å². The van der Waals surface area contributed by atoms with Gasteiger partial charge in [0.1, 0.15) is 6.04 Å². The molecule has 0 aliphatic heterocycles. The SMILES string of the molecule is COC(=O)[C@@H](NC(=O)[C@H](Cc1ccc(C(N)=NO)cc1)C1CCCCC1)C1CCCCC1. The number of nitrogens with two attached hydrogens (primary N) is 1. The number of benzene rings is 1. The van der Waals surface area contributed by atoms with E-state index >= 15 is 0 Å². The highest BCUT2D eigenvalue weighted by Gasteiger charge is 2.36. The predicted molar refractivity (Wildman–Crippen MR) is 123 cm³/mol. The highest BCUT2D eigenvalue weighted by molar-refractivity contribution is 5.97. The van der Waals surface area contributed by atoms with E-state index in [2.05, 4.69) is 10.5 Å². The molecular formula is C25H37N3O4. The Morgan fingerprint density at radius 3 is 2.12 bits per heavy atom. The topological polar surface area (TPSA) is 114 Å². The van der Waals surface area contributed by atoms with Gasteiger partial charge in [-0.2, -0.15) is 0 Å². The molecule has 1 aromatic rings. The number of oxime groups is 1. The first kappa shape index (κ1) is 24.1. The summed E-state index contributed by atoms with van der Waals surface area (Å²) in [6.07, 6.45) is 11.4. The van der Waals surface area contributed by atoms with Crippen LogP contribution in [0, 0.1) is 17.8 Å². The summed E-state index contributed by atoms with van der Waals surface area (Å²) in [7, 11) is 1.39. The molecule has 0 bridgehead atoms. The predicted octanol–water partition coefficient (Wildman–Crippen LogP) is 3.76. The Bertz CT molecular complexity index is 781. The van der Waals surface area contributed by atoms with Gasteiger partial charge in [-0.3, -0.25) is 4.79 Å². The van der Waals surface area contributed by atoms with Gasteiger partial charge in [0.05, 0.1) is 7.11 Å². The third-order valence-electron chi connectivity index (χ3n) is 7.24. The molecular weight excluding hydrogens is 406 g/mol. The average Bonchev–Trinajstić information content (AvgIpc) is 2.86. The second-order valence-electron chi connectivity index (χ2n) is 9.30. The molecule has 0 saturated heterocycles. The van der Waals surface area contributed by atoms with Crippen LogP contribution in [-0.4, -0.2) is 36.1 Å². The molecule has 2 aliphatic carbocycles. The van der Waals surface area contributed by atoms with Crippen molar-refractivity contribution in [1.82, 2.24) is 5.32 Å². The van der Waals surface area contributed by atoms with Gasteiger partial charge in [-0.25, -0.2) is 4.79 Å². The standard InChI is InChI=1S/C25H37N3O4/c1-32-25(30)22(19-10-6-3-7-11-19)27-24(29)21(18-8-4-2-5-9-18)16-17-12-14-20(15-13-17)23(26)28-31/h12-15,18-19,21-22,31H,2-11,16H2,1H3,(H2,26,28)(H,27,29)/t21-,22+/m1/s1. The summed E-state index contributed by atoms with van der Waals surface area (Å²) in [4.78, 5) is 26.1. The van der Waals surface area contributed by atoms with Crippen LogP contribution in [-0.2, 0) is 20.7 Å². The quantitative estimate of drug-likeness (QED) is 0.186. The number of rotatable bonds is 8. The number of amides is 1. The van der Waals surface area contributed by atoms with Gasteiger partial charge in [-0.15, -0.1) is 0 Å². The summed E-state index contributed by atoms with van der Waals surface area (Å²) >= 11 is 0. The maximum absolute atomic E-state index is 13.6. The van der Waals surface area contributed by atoms with Crippen molar-refractivity contribution < 1.29 is 19.5 Å². The van der Waals surface area contributed by atoms with Crippen molar-refractivity contribution in [2.24, 2.45) is 28.6 Å². The molecule has 0 aromatic heterocycles. The minimum absolute atomic E-state index is 0.0432. The average molecular weight is 444 g/mol. The van der Waals surface area contributed by atoms with E-state index in [4.69, 9.17) is 15.7 Å². The van der Waals surface area contributed by atoms with Crippen molar-refractivity contribution >= 4 is 17.7 Å². The van der Waals surface area contributed by atoms with E-state index in [1.165, 1.54) is 20.0 Å². The van der Waals surface area contributed by atoms with Gasteiger partial charge in [0, 0.05) is 11.5 Å². The number of esters is 1. The molecule has 2 atom stereocenters. The highest BCUT2D eigenvalue weighted by Crippen LogP contribution is 2.33. The number of ether oxygens (including phenoxy) is 1. The summed E-state index contributed by atoms with van der Waals surface area (Å²) in [5.41, 5.74) is 7.33. The molecule has 0 unspecified atom stereocenters. The molecule has 3 rings (SSSR count). The minimum atomic E-state index is -0.568. The molecule has 7 nitrogen and oxygen atoms in total. The van der Waals surface area contributed by atoms with Gasteiger partial charge in [0.15, 0.2) is 5.84 Å². The number of carbonyl (C=O) groups excluding carboxylic acids is 2. The number of hydrogen-bond donors (Lipinski definition) is 3. The molecule has 1 amide bonds. The van der Waals surface area contributed by atoms with Crippen molar-refractivity contribution in [2.75, 3.05) is 7.11 Å². The zero-order valence-corrected chi connectivity index (χ0v) is 19.1. The van der Waals surface area contributed by atoms with Gasteiger partial charge in [-0.05, 0) is 49.5 Å². The van der Waals surface area contributed by atoms with E-state index in [0.717, 1.165) is 56.9 Å². The van der Waals surface area contributed by atoms with Crippen molar-refractivity contribution in [2.45, 2.75) is 76.7 Å². The van der Waals surface area contributed by atoms with E-state index in [0.29, 0.717) is 17.9 Å². The number of nitrogens with one attached hydrogen (secondary N) is 1. The van der Waals surface area contributed by atoms with Crippen molar-refractivity contribution in [3.63, 3.8) is 0 Å². The summed E-state index contributed by atoms with van der Waals surface area (Å²) in [5, 5.41) is 15.0. The lowest BCUT2D eigenvalue weighted by molar-refractivity contribution is -0.148. The van der Waals surface area contributed by atoms with Crippen molar-refractivity contribution in [3.8, 4) is 0 Å². The van der Waals surface area contributed by atoms with Crippen LogP contribution in [0.4, 0.5) is 0 Å². The lowest BCUT2D eigenvalue weighted by Crippen LogP contribution is -2.50. The molecule has 32 heavy (non-hydrogen) atoms. The van der Waals surface area contributed by atoms with E-state index in [9.17, 15) is 9.59 Å². The summed E-state index contributed by atoms with van der Waals surface area (Å²) in [6.45, 7) is 0. The molecule has 2 saturated carbocycles. The Balaban J connectivity index is 1.77. The Morgan fingerprint density at radius 1 is 1.03 bits per heavy atom. The Morgan fingerprint density at radius 2 is 1.59 bits per heavy atom. The van der Waals surface area contributed by atoms with Crippen LogP contribution in [0.15, 0.2) is 29.4 Å². The van der Waals surface area contributed by atoms with Gasteiger partial charge in [0.2, 0.25) is 5.91 Å². The van der Waals surface area contributed by atoms with Gasteiger partial charge in [-0.1, -0.05) is 67.9 Å². The molecule has 0 heterocycles. The van der Waals surface area contributed by atoms with Crippen LogP contribution in [0.5, 0.6) is 0 Å². The molecule has 2 aliphatic rings.